The lowest BCUT2D eigenvalue weighted by Gasteiger charge is -2.07. The maximum absolute atomic E-state index is 13.0. The first-order chi connectivity index (χ1) is 5.70. The molecule has 0 heterocycles. The number of methoxy groups -OCH3 is 1. The molecule has 1 rings (SSSR count). The lowest BCUT2D eigenvalue weighted by atomic mass is 10.2. The zero-order chi connectivity index (χ0) is 9.14. The largest absolute Gasteiger partial charge is 0.505 e. The summed E-state index contributed by atoms with van der Waals surface area (Å²) in [4.78, 5) is 0. The highest BCUT2D eigenvalue weighted by Crippen LogP contribution is 2.27. The van der Waals surface area contributed by atoms with Crippen LogP contribution >= 0.6 is 0 Å². The number of phenolic OH excluding ortho intramolecular Hbond substituents is 1. The third-order valence-electron chi connectivity index (χ3n) is 1.56. The van der Waals surface area contributed by atoms with Crippen LogP contribution in [0.15, 0.2) is 12.1 Å². The standard InChI is InChI=1S/C8H9FO3/c1-12-7-3-2-6(11)8(9)5(7)4-10/h2-3,10-11H,4H2,1H3. The van der Waals surface area contributed by atoms with E-state index < -0.39 is 18.2 Å². The molecule has 0 spiro atoms. The molecule has 0 aliphatic carbocycles. The van der Waals surface area contributed by atoms with Crippen molar-refractivity contribution in [1.29, 1.82) is 0 Å². The molecule has 0 saturated heterocycles. The second-order valence-corrected chi connectivity index (χ2v) is 2.24. The Hall–Kier alpha value is -1.29. The van der Waals surface area contributed by atoms with Crippen molar-refractivity contribution in [2.45, 2.75) is 6.61 Å². The smallest absolute Gasteiger partial charge is 0.174 e. The topological polar surface area (TPSA) is 49.7 Å². The second-order valence-electron chi connectivity index (χ2n) is 2.24. The minimum Gasteiger partial charge on any atom is -0.505 e. The number of halogens is 1. The van der Waals surface area contributed by atoms with Gasteiger partial charge in [-0.3, -0.25) is 0 Å². The number of hydrogen-bond donors (Lipinski definition) is 2. The van der Waals surface area contributed by atoms with Gasteiger partial charge in [0.05, 0.1) is 19.3 Å². The molecule has 0 aliphatic rings. The molecular formula is C8H9FO3. The van der Waals surface area contributed by atoms with Gasteiger partial charge in [-0.25, -0.2) is 4.39 Å². The van der Waals surface area contributed by atoms with Crippen LogP contribution in [0.25, 0.3) is 0 Å². The summed E-state index contributed by atoms with van der Waals surface area (Å²) >= 11 is 0. The fraction of sp³-hybridized carbons (Fsp3) is 0.250. The second kappa shape index (κ2) is 3.40. The lowest BCUT2D eigenvalue weighted by Crippen LogP contribution is -1.95. The van der Waals surface area contributed by atoms with E-state index in [1.54, 1.807) is 0 Å². The van der Waals surface area contributed by atoms with Crippen molar-refractivity contribution in [2.75, 3.05) is 7.11 Å². The van der Waals surface area contributed by atoms with Crippen LogP contribution < -0.4 is 4.74 Å². The third-order valence-corrected chi connectivity index (χ3v) is 1.56. The van der Waals surface area contributed by atoms with Crippen molar-refractivity contribution >= 4 is 0 Å². The molecule has 0 radical (unpaired) electrons. The summed E-state index contributed by atoms with van der Waals surface area (Å²) in [7, 11) is 1.37. The Labute approximate surface area is 69.0 Å². The van der Waals surface area contributed by atoms with E-state index in [-0.39, 0.29) is 11.3 Å². The predicted molar refractivity (Wildman–Crippen MR) is 40.5 cm³/mol. The summed E-state index contributed by atoms with van der Waals surface area (Å²) in [5.74, 6) is -1.09. The molecule has 0 unspecified atom stereocenters. The molecule has 0 fully saturated rings. The number of phenols is 1. The first-order valence-electron chi connectivity index (χ1n) is 3.36. The monoisotopic (exact) mass is 172 g/mol. The van der Waals surface area contributed by atoms with E-state index in [9.17, 15) is 4.39 Å². The first kappa shape index (κ1) is 8.80. The Bertz CT molecular complexity index is 286. The maximum atomic E-state index is 13.0. The quantitative estimate of drug-likeness (QED) is 0.700. The summed E-state index contributed by atoms with van der Waals surface area (Å²) in [6.45, 7) is -0.497. The van der Waals surface area contributed by atoms with Gasteiger partial charge in [-0.2, -0.15) is 0 Å². The molecule has 0 aromatic heterocycles. The highest BCUT2D eigenvalue weighted by atomic mass is 19.1. The van der Waals surface area contributed by atoms with Crippen LogP contribution in [0.2, 0.25) is 0 Å². The Morgan fingerprint density at radius 1 is 1.50 bits per heavy atom. The van der Waals surface area contributed by atoms with E-state index >= 15 is 0 Å². The van der Waals surface area contributed by atoms with Crippen molar-refractivity contribution in [1.82, 2.24) is 0 Å². The molecule has 4 heteroatoms. The molecule has 2 N–H and O–H groups in total. The average molecular weight is 172 g/mol. The minimum atomic E-state index is -0.836. The van der Waals surface area contributed by atoms with Gasteiger partial charge < -0.3 is 14.9 Å². The van der Waals surface area contributed by atoms with Gasteiger partial charge in [-0.15, -0.1) is 0 Å². The van der Waals surface area contributed by atoms with Gasteiger partial charge in [0.2, 0.25) is 0 Å². The SMILES string of the molecule is COc1ccc(O)c(F)c1CO. The molecule has 0 saturated carbocycles. The molecule has 0 aliphatic heterocycles. The zero-order valence-corrected chi connectivity index (χ0v) is 6.54. The van der Waals surface area contributed by atoms with Crippen molar-refractivity contribution in [3.05, 3.63) is 23.5 Å². The highest BCUT2D eigenvalue weighted by molar-refractivity contribution is 5.40. The fourth-order valence-electron chi connectivity index (χ4n) is 0.930. The molecule has 3 nitrogen and oxygen atoms in total. The molecular weight excluding hydrogens is 163 g/mol. The van der Waals surface area contributed by atoms with Crippen LogP contribution in [-0.4, -0.2) is 17.3 Å². The number of rotatable bonds is 2. The Morgan fingerprint density at radius 2 is 2.17 bits per heavy atom. The molecule has 66 valence electrons. The lowest BCUT2D eigenvalue weighted by molar-refractivity contribution is 0.264. The Balaban J connectivity index is 3.25. The van der Waals surface area contributed by atoms with Crippen molar-refractivity contribution < 1.29 is 19.3 Å². The van der Waals surface area contributed by atoms with Crippen LogP contribution in [-0.2, 0) is 6.61 Å². The molecule has 1 aromatic rings. The van der Waals surface area contributed by atoms with Crippen LogP contribution in [0.1, 0.15) is 5.56 Å². The first-order valence-corrected chi connectivity index (χ1v) is 3.36. The summed E-state index contributed by atoms with van der Waals surface area (Å²) < 4.78 is 17.7. The van der Waals surface area contributed by atoms with E-state index in [0.29, 0.717) is 0 Å². The van der Waals surface area contributed by atoms with Crippen molar-refractivity contribution in [2.24, 2.45) is 0 Å². The number of aromatic hydroxyl groups is 1. The van der Waals surface area contributed by atoms with Crippen LogP contribution in [0, 0.1) is 5.82 Å². The molecule has 1 aromatic carbocycles. The summed E-state index contributed by atoms with van der Waals surface area (Å²) in [6, 6.07) is 2.57. The number of aliphatic hydroxyl groups excluding tert-OH is 1. The van der Waals surface area contributed by atoms with Crippen LogP contribution in [0.3, 0.4) is 0 Å². The summed E-state index contributed by atoms with van der Waals surface area (Å²) in [6.07, 6.45) is 0. The Morgan fingerprint density at radius 3 is 2.67 bits per heavy atom. The van der Waals surface area contributed by atoms with Gasteiger partial charge in [0.25, 0.3) is 0 Å². The van der Waals surface area contributed by atoms with Crippen LogP contribution in [0.4, 0.5) is 4.39 Å². The van der Waals surface area contributed by atoms with Gasteiger partial charge in [0, 0.05) is 0 Å². The molecule has 0 atom stereocenters. The average Bonchev–Trinajstić information content (AvgIpc) is 2.09. The minimum absolute atomic E-state index is 0.0301. The highest BCUT2D eigenvalue weighted by Gasteiger charge is 2.11. The van der Waals surface area contributed by atoms with Gasteiger partial charge in [-0.1, -0.05) is 0 Å². The fourth-order valence-corrected chi connectivity index (χ4v) is 0.930. The van der Waals surface area contributed by atoms with Crippen LogP contribution in [0.5, 0.6) is 11.5 Å². The normalized spacial score (nSPS) is 9.92. The van der Waals surface area contributed by atoms with E-state index in [1.807, 2.05) is 0 Å². The van der Waals surface area contributed by atoms with Crippen molar-refractivity contribution in [3.8, 4) is 11.5 Å². The molecule has 0 amide bonds. The van der Waals surface area contributed by atoms with E-state index in [0.717, 1.165) is 0 Å². The van der Waals surface area contributed by atoms with E-state index in [4.69, 9.17) is 14.9 Å². The molecule has 0 bridgehead atoms. The van der Waals surface area contributed by atoms with Gasteiger partial charge in [0.1, 0.15) is 5.75 Å². The third kappa shape index (κ3) is 1.33. The van der Waals surface area contributed by atoms with Gasteiger partial charge in [-0.05, 0) is 12.1 Å². The van der Waals surface area contributed by atoms with Crippen molar-refractivity contribution in [3.63, 3.8) is 0 Å². The van der Waals surface area contributed by atoms with E-state index in [1.165, 1.54) is 19.2 Å². The number of aliphatic hydroxyl groups is 1. The predicted octanol–water partition coefficient (Wildman–Crippen LogP) is 1.03. The van der Waals surface area contributed by atoms with Gasteiger partial charge >= 0.3 is 0 Å². The zero-order valence-electron chi connectivity index (χ0n) is 6.54. The molecule has 12 heavy (non-hydrogen) atoms. The van der Waals surface area contributed by atoms with E-state index in [2.05, 4.69) is 0 Å². The summed E-state index contributed by atoms with van der Waals surface area (Å²) in [5, 5.41) is 17.6. The Kier molecular flexibility index (Phi) is 2.50. The number of hydrogen-bond acceptors (Lipinski definition) is 3. The maximum Gasteiger partial charge on any atom is 0.174 e. The summed E-state index contributed by atoms with van der Waals surface area (Å²) in [5.41, 5.74) is -0.0301. The van der Waals surface area contributed by atoms with Gasteiger partial charge in [0.15, 0.2) is 11.6 Å². The number of ether oxygens (including phenoxy) is 1. The number of benzene rings is 1.